The third kappa shape index (κ3) is 3.71. The van der Waals surface area contributed by atoms with E-state index in [2.05, 4.69) is 25.2 Å². The Morgan fingerprint density at radius 1 is 1.27 bits per heavy atom. The van der Waals surface area contributed by atoms with Gasteiger partial charge in [-0.1, -0.05) is 6.07 Å². The van der Waals surface area contributed by atoms with Gasteiger partial charge in [-0.05, 0) is 41.9 Å². The van der Waals surface area contributed by atoms with Crippen molar-refractivity contribution in [3.05, 3.63) is 54.4 Å². The van der Waals surface area contributed by atoms with Crippen LogP contribution in [0.1, 0.15) is 12.0 Å². The van der Waals surface area contributed by atoms with E-state index in [1.807, 2.05) is 12.1 Å². The molecular formula is C19H20FN5O. The Morgan fingerprint density at radius 2 is 2.04 bits per heavy atom. The van der Waals surface area contributed by atoms with Crippen LogP contribution in [0.5, 0.6) is 0 Å². The molecule has 0 aromatic carbocycles. The Labute approximate surface area is 151 Å². The molecule has 1 amide bonds. The topological polar surface area (TPSA) is 71.0 Å². The maximum Gasteiger partial charge on any atom is 0.244 e. The number of hydrogen-bond acceptors (Lipinski definition) is 5. The van der Waals surface area contributed by atoms with Gasteiger partial charge in [0.2, 0.25) is 11.9 Å². The molecule has 6 nitrogen and oxygen atoms in total. The van der Waals surface area contributed by atoms with E-state index < -0.39 is 5.82 Å². The molecule has 134 valence electrons. The van der Waals surface area contributed by atoms with Crippen molar-refractivity contribution < 1.29 is 9.18 Å². The maximum atomic E-state index is 12.9. The summed E-state index contributed by atoms with van der Waals surface area (Å²) in [5.41, 5.74) is 0.905. The normalized spacial score (nSPS) is 23.9. The summed E-state index contributed by atoms with van der Waals surface area (Å²) < 4.78 is 12.9. The van der Waals surface area contributed by atoms with E-state index in [4.69, 9.17) is 0 Å². The van der Waals surface area contributed by atoms with Gasteiger partial charge >= 0.3 is 0 Å². The van der Waals surface area contributed by atoms with E-state index in [9.17, 15) is 9.18 Å². The molecular weight excluding hydrogens is 333 g/mol. The van der Waals surface area contributed by atoms with Crippen LogP contribution in [0.4, 0.5) is 10.3 Å². The summed E-state index contributed by atoms with van der Waals surface area (Å²) in [6.07, 6.45) is 10.1. The van der Waals surface area contributed by atoms with Gasteiger partial charge in [0.15, 0.2) is 5.82 Å². The fraction of sp³-hybridized carbons (Fsp3) is 0.368. The van der Waals surface area contributed by atoms with E-state index in [1.54, 1.807) is 24.5 Å². The molecule has 2 aliphatic rings. The van der Waals surface area contributed by atoms with Crippen molar-refractivity contribution in [1.82, 2.24) is 20.3 Å². The van der Waals surface area contributed by atoms with Crippen molar-refractivity contribution in [2.24, 2.45) is 17.8 Å². The minimum Gasteiger partial charge on any atom is -0.353 e. The first-order valence-electron chi connectivity index (χ1n) is 8.79. The quantitative estimate of drug-likeness (QED) is 0.804. The van der Waals surface area contributed by atoms with Crippen LogP contribution < -0.4 is 10.2 Å². The summed E-state index contributed by atoms with van der Waals surface area (Å²) in [5.74, 6) is 2.02. The molecule has 26 heavy (non-hydrogen) atoms. The molecule has 3 atom stereocenters. The van der Waals surface area contributed by atoms with Crippen LogP contribution >= 0.6 is 0 Å². The number of halogens is 1. The highest BCUT2D eigenvalue weighted by molar-refractivity contribution is 5.91. The van der Waals surface area contributed by atoms with Crippen molar-refractivity contribution in [3.63, 3.8) is 0 Å². The zero-order chi connectivity index (χ0) is 17.9. The van der Waals surface area contributed by atoms with Crippen molar-refractivity contribution in [2.45, 2.75) is 6.42 Å². The number of hydrogen-bond donors (Lipinski definition) is 1. The minimum absolute atomic E-state index is 0.0824. The molecule has 1 unspecified atom stereocenters. The van der Waals surface area contributed by atoms with Crippen LogP contribution in [0.2, 0.25) is 0 Å². The van der Waals surface area contributed by atoms with E-state index in [-0.39, 0.29) is 5.91 Å². The molecule has 3 heterocycles. The van der Waals surface area contributed by atoms with Gasteiger partial charge in [-0.25, -0.2) is 14.4 Å². The van der Waals surface area contributed by atoms with E-state index in [1.165, 1.54) is 12.4 Å². The smallest absolute Gasteiger partial charge is 0.244 e. The number of fused-ring (bicyclic) bond motifs is 1. The molecule has 0 bridgehead atoms. The van der Waals surface area contributed by atoms with Crippen molar-refractivity contribution >= 4 is 17.9 Å². The largest absolute Gasteiger partial charge is 0.353 e. The highest BCUT2D eigenvalue weighted by Gasteiger charge is 2.55. The number of anilines is 1. The standard InChI is InChI=1S/C19H20FN5O/c20-14-9-23-19(24-10-14)25-11-16-15(17(16)12-25)5-7-22-18(26)4-3-13-2-1-6-21-8-13/h1-4,6,8-10,15-17H,5,7,11-12H2,(H,22,26)/b4-3+/t15?,16-,17+. The van der Waals surface area contributed by atoms with E-state index in [0.717, 1.165) is 25.1 Å². The van der Waals surface area contributed by atoms with Gasteiger partial charge in [-0.3, -0.25) is 9.78 Å². The fourth-order valence-corrected chi connectivity index (χ4v) is 3.78. The molecule has 2 aromatic rings. The Bertz CT molecular complexity index is 783. The maximum absolute atomic E-state index is 12.9. The molecule has 0 spiro atoms. The van der Waals surface area contributed by atoms with Crippen molar-refractivity contribution in [2.75, 3.05) is 24.5 Å². The molecule has 2 fully saturated rings. The molecule has 7 heteroatoms. The zero-order valence-corrected chi connectivity index (χ0v) is 14.3. The molecule has 1 aliphatic carbocycles. The summed E-state index contributed by atoms with van der Waals surface area (Å²) in [6.45, 7) is 2.51. The molecule has 4 rings (SSSR count). The minimum atomic E-state index is -0.413. The second-order valence-electron chi connectivity index (χ2n) is 6.80. The molecule has 2 aromatic heterocycles. The average molecular weight is 353 g/mol. The number of piperidine rings is 1. The number of nitrogens with one attached hydrogen (secondary N) is 1. The average Bonchev–Trinajstić information content (AvgIpc) is 3.11. The lowest BCUT2D eigenvalue weighted by Gasteiger charge is -2.19. The van der Waals surface area contributed by atoms with E-state index in [0.29, 0.717) is 30.2 Å². The predicted octanol–water partition coefficient (Wildman–Crippen LogP) is 1.91. The van der Waals surface area contributed by atoms with Gasteiger partial charge in [-0.15, -0.1) is 0 Å². The highest BCUT2D eigenvalue weighted by Crippen LogP contribution is 2.53. The van der Waals surface area contributed by atoms with Gasteiger partial charge < -0.3 is 10.2 Å². The van der Waals surface area contributed by atoms with Crippen LogP contribution in [-0.4, -0.2) is 40.5 Å². The fourth-order valence-electron chi connectivity index (χ4n) is 3.78. The second-order valence-corrected chi connectivity index (χ2v) is 6.80. The molecule has 1 saturated carbocycles. The van der Waals surface area contributed by atoms with Crippen LogP contribution in [0.15, 0.2) is 43.0 Å². The SMILES string of the molecule is O=C(/C=C/c1cccnc1)NCCC1[C@H]2CN(c3ncc(F)cn3)C[C@@H]12. The molecule has 0 radical (unpaired) electrons. The third-order valence-corrected chi connectivity index (χ3v) is 5.15. The number of nitrogens with zero attached hydrogens (tertiary/aromatic N) is 4. The summed E-state index contributed by atoms with van der Waals surface area (Å²) >= 11 is 0. The summed E-state index contributed by atoms with van der Waals surface area (Å²) in [7, 11) is 0. The Morgan fingerprint density at radius 3 is 2.73 bits per heavy atom. The number of amides is 1. The molecule has 1 N–H and O–H groups in total. The molecule has 1 aliphatic heterocycles. The Kier molecular flexibility index (Phi) is 4.60. The number of pyridine rings is 1. The number of rotatable bonds is 6. The monoisotopic (exact) mass is 353 g/mol. The number of carbonyl (C=O) groups excluding carboxylic acids is 1. The first kappa shape index (κ1) is 16.6. The summed E-state index contributed by atoms with van der Waals surface area (Å²) in [5, 5.41) is 2.94. The second kappa shape index (κ2) is 7.19. The van der Waals surface area contributed by atoms with Crippen LogP contribution in [-0.2, 0) is 4.79 Å². The van der Waals surface area contributed by atoms with Gasteiger partial charge in [0.05, 0.1) is 12.4 Å². The van der Waals surface area contributed by atoms with Crippen LogP contribution in [0.25, 0.3) is 6.08 Å². The van der Waals surface area contributed by atoms with Gasteiger partial charge in [-0.2, -0.15) is 0 Å². The molecule has 1 saturated heterocycles. The van der Waals surface area contributed by atoms with Crippen molar-refractivity contribution in [1.29, 1.82) is 0 Å². The lowest BCUT2D eigenvalue weighted by Crippen LogP contribution is -2.27. The predicted molar refractivity (Wildman–Crippen MR) is 95.6 cm³/mol. The third-order valence-electron chi connectivity index (χ3n) is 5.15. The Balaban J connectivity index is 1.17. The number of aromatic nitrogens is 3. The summed E-state index contributed by atoms with van der Waals surface area (Å²) in [6, 6.07) is 3.74. The lowest BCUT2D eigenvalue weighted by molar-refractivity contribution is -0.116. The van der Waals surface area contributed by atoms with Gasteiger partial charge in [0.25, 0.3) is 0 Å². The van der Waals surface area contributed by atoms with Crippen LogP contribution in [0, 0.1) is 23.6 Å². The first-order valence-corrected chi connectivity index (χ1v) is 8.79. The Hall–Kier alpha value is -2.83. The van der Waals surface area contributed by atoms with Crippen molar-refractivity contribution in [3.8, 4) is 0 Å². The highest BCUT2D eigenvalue weighted by atomic mass is 19.1. The lowest BCUT2D eigenvalue weighted by atomic mass is 10.2. The zero-order valence-electron chi connectivity index (χ0n) is 14.3. The van der Waals surface area contributed by atoms with E-state index >= 15 is 0 Å². The van der Waals surface area contributed by atoms with Gasteiger partial charge in [0, 0.05) is 38.1 Å². The summed E-state index contributed by atoms with van der Waals surface area (Å²) in [4.78, 5) is 26.1. The van der Waals surface area contributed by atoms with Gasteiger partial charge in [0.1, 0.15) is 0 Å². The number of carbonyl (C=O) groups is 1. The van der Waals surface area contributed by atoms with Crippen LogP contribution in [0.3, 0.4) is 0 Å². The first-order chi connectivity index (χ1) is 12.7.